The van der Waals surface area contributed by atoms with E-state index in [9.17, 15) is 4.79 Å². The van der Waals surface area contributed by atoms with E-state index >= 15 is 0 Å². The summed E-state index contributed by atoms with van der Waals surface area (Å²) in [5.41, 5.74) is 1.08. The van der Waals surface area contributed by atoms with Crippen molar-refractivity contribution in [3.05, 3.63) is 60.2 Å². The topological polar surface area (TPSA) is 26.3 Å². The molecular weight excluding hydrogens is 212 g/mol. The number of rotatable bonds is 1. The van der Waals surface area contributed by atoms with Crippen LogP contribution in [0.5, 0.6) is 0 Å². The van der Waals surface area contributed by atoms with Crippen LogP contribution in [0.1, 0.15) is 18.1 Å². The molecular formula is C15H12O2. The summed E-state index contributed by atoms with van der Waals surface area (Å²) in [6.07, 6.45) is 3.96. The number of ether oxygens (including phenoxy) is 1. The van der Waals surface area contributed by atoms with Gasteiger partial charge >= 0.3 is 5.97 Å². The van der Waals surface area contributed by atoms with Gasteiger partial charge in [0.25, 0.3) is 0 Å². The van der Waals surface area contributed by atoms with Gasteiger partial charge in [-0.25, -0.2) is 4.79 Å². The van der Waals surface area contributed by atoms with Gasteiger partial charge < -0.3 is 4.74 Å². The fourth-order valence-corrected chi connectivity index (χ4v) is 2.24. The van der Waals surface area contributed by atoms with Gasteiger partial charge in [-0.2, -0.15) is 0 Å². The van der Waals surface area contributed by atoms with Crippen LogP contribution in [0.25, 0.3) is 10.8 Å². The summed E-state index contributed by atoms with van der Waals surface area (Å²) in [6, 6.07) is 14.3. The Morgan fingerprint density at radius 3 is 2.76 bits per heavy atom. The van der Waals surface area contributed by atoms with Gasteiger partial charge in [-0.3, -0.25) is 0 Å². The Kier molecular flexibility index (Phi) is 2.41. The minimum atomic E-state index is -0.255. The molecule has 0 spiro atoms. The van der Waals surface area contributed by atoms with Gasteiger partial charge in [-0.1, -0.05) is 48.5 Å². The lowest BCUT2D eigenvalue weighted by Crippen LogP contribution is -2.13. The second-order valence-electron chi connectivity index (χ2n) is 4.13. The van der Waals surface area contributed by atoms with Crippen molar-refractivity contribution in [2.45, 2.75) is 12.5 Å². The van der Waals surface area contributed by atoms with Crippen LogP contribution in [-0.2, 0) is 9.53 Å². The summed E-state index contributed by atoms with van der Waals surface area (Å²) in [5.74, 6) is -0.255. The minimum Gasteiger partial charge on any atom is -0.454 e. The molecule has 2 aromatic carbocycles. The van der Waals surface area contributed by atoms with Crippen molar-refractivity contribution in [1.82, 2.24) is 0 Å². The number of carbonyl (C=O) groups excluding carboxylic acids is 1. The molecule has 2 heteroatoms. The number of cyclic esters (lactones) is 1. The first-order valence-corrected chi connectivity index (χ1v) is 5.69. The summed E-state index contributed by atoms with van der Waals surface area (Å²) >= 11 is 0. The molecule has 1 atom stereocenters. The van der Waals surface area contributed by atoms with Gasteiger partial charge in [0, 0.05) is 18.1 Å². The molecule has 2 aromatic rings. The molecule has 0 radical (unpaired) electrons. The van der Waals surface area contributed by atoms with Gasteiger partial charge in [0.2, 0.25) is 0 Å². The third-order valence-electron chi connectivity index (χ3n) is 3.03. The average Bonchev–Trinajstić information content (AvgIpc) is 2.38. The van der Waals surface area contributed by atoms with E-state index in [4.69, 9.17) is 4.74 Å². The second kappa shape index (κ2) is 4.06. The van der Waals surface area contributed by atoms with E-state index in [-0.39, 0.29) is 12.1 Å². The normalized spacial score (nSPS) is 19.3. The first-order chi connectivity index (χ1) is 8.34. The summed E-state index contributed by atoms with van der Waals surface area (Å²) < 4.78 is 5.35. The number of hydrogen-bond acceptors (Lipinski definition) is 2. The first-order valence-electron chi connectivity index (χ1n) is 5.69. The molecule has 0 bridgehead atoms. The molecule has 0 saturated carbocycles. The van der Waals surface area contributed by atoms with Crippen LogP contribution in [0.3, 0.4) is 0 Å². The van der Waals surface area contributed by atoms with Gasteiger partial charge in [-0.15, -0.1) is 0 Å². The predicted octanol–water partition coefficient (Wildman–Crippen LogP) is 3.38. The van der Waals surface area contributed by atoms with E-state index in [0.29, 0.717) is 0 Å². The maximum atomic E-state index is 11.3. The van der Waals surface area contributed by atoms with E-state index in [1.807, 2.05) is 30.3 Å². The molecule has 0 amide bonds. The summed E-state index contributed by atoms with van der Waals surface area (Å²) in [7, 11) is 0. The molecule has 0 saturated heterocycles. The Morgan fingerprint density at radius 1 is 1.06 bits per heavy atom. The predicted molar refractivity (Wildman–Crippen MR) is 66.5 cm³/mol. The van der Waals surface area contributed by atoms with Crippen LogP contribution in [0.15, 0.2) is 54.6 Å². The van der Waals surface area contributed by atoms with Crippen LogP contribution in [0.4, 0.5) is 0 Å². The summed E-state index contributed by atoms with van der Waals surface area (Å²) in [5, 5.41) is 2.33. The van der Waals surface area contributed by atoms with Crippen molar-refractivity contribution in [2.75, 3.05) is 0 Å². The van der Waals surface area contributed by atoms with E-state index < -0.39 is 0 Å². The fourth-order valence-electron chi connectivity index (χ4n) is 2.24. The van der Waals surface area contributed by atoms with E-state index in [2.05, 4.69) is 18.2 Å². The lowest BCUT2D eigenvalue weighted by Gasteiger charge is -2.20. The Hall–Kier alpha value is -2.09. The SMILES string of the molecule is O=C1C=CC[C@@H](c2cccc3ccccc23)O1. The van der Waals surface area contributed by atoms with Crippen LogP contribution < -0.4 is 0 Å². The van der Waals surface area contributed by atoms with Gasteiger partial charge in [0.15, 0.2) is 0 Å². The van der Waals surface area contributed by atoms with Crippen molar-refractivity contribution in [3.63, 3.8) is 0 Å². The third kappa shape index (κ3) is 1.82. The highest BCUT2D eigenvalue weighted by Crippen LogP contribution is 2.30. The van der Waals surface area contributed by atoms with Crippen molar-refractivity contribution in [1.29, 1.82) is 0 Å². The summed E-state index contributed by atoms with van der Waals surface area (Å²) in [4.78, 5) is 11.3. The highest BCUT2D eigenvalue weighted by atomic mass is 16.5. The molecule has 0 aromatic heterocycles. The minimum absolute atomic E-state index is 0.154. The fraction of sp³-hybridized carbons (Fsp3) is 0.133. The maximum absolute atomic E-state index is 11.3. The highest BCUT2D eigenvalue weighted by molar-refractivity contribution is 5.87. The van der Waals surface area contributed by atoms with E-state index in [0.717, 1.165) is 17.4 Å². The van der Waals surface area contributed by atoms with Crippen LogP contribution in [-0.4, -0.2) is 5.97 Å². The zero-order chi connectivity index (χ0) is 11.7. The standard InChI is InChI=1S/C15H12O2/c16-15-10-4-9-14(17-15)13-8-3-6-11-5-1-2-7-12(11)13/h1-8,10,14H,9H2/t14-/m0/s1. The first kappa shape index (κ1) is 10.1. The second-order valence-corrected chi connectivity index (χ2v) is 4.13. The number of esters is 1. The molecule has 0 unspecified atom stereocenters. The van der Waals surface area contributed by atoms with Crippen molar-refractivity contribution >= 4 is 16.7 Å². The number of fused-ring (bicyclic) bond motifs is 1. The Labute approximate surface area is 99.5 Å². The van der Waals surface area contributed by atoms with Gasteiger partial charge in [0.1, 0.15) is 6.10 Å². The molecule has 17 heavy (non-hydrogen) atoms. The number of hydrogen-bond donors (Lipinski definition) is 0. The molecule has 1 aliphatic rings. The maximum Gasteiger partial charge on any atom is 0.331 e. The zero-order valence-corrected chi connectivity index (χ0v) is 9.30. The monoisotopic (exact) mass is 224 g/mol. The molecule has 84 valence electrons. The lowest BCUT2D eigenvalue weighted by atomic mass is 9.98. The molecule has 1 heterocycles. The zero-order valence-electron chi connectivity index (χ0n) is 9.30. The average molecular weight is 224 g/mol. The molecule has 0 aliphatic carbocycles. The Balaban J connectivity index is 2.11. The number of carbonyl (C=O) groups is 1. The molecule has 0 N–H and O–H groups in total. The van der Waals surface area contributed by atoms with Gasteiger partial charge in [-0.05, 0) is 10.8 Å². The summed E-state index contributed by atoms with van der Waals surface area (Å²) in [6.45, 7) is 0. The van der Waals surface area contributed by atoms with Crippen LogP contribution in [0, 0.1) is 0 Å². The quantitative estimate of drug-likeness (QED) is 0.694. The van der Waals surface area contributed by atoms with Crippen molar-refractivity contribution in [2.24, 2.45) is 0 Å². The van der Waals surface area contributed by atoms with Crippen molar-refractivity contribution in [3.8, 4) is 0 Å². The lowest BCUT2D eigenvalue weighted by molar-refractivity contribution is -0.144. The van der Waals surface area contributed by atoms with E-state index in [1.54, 1.807) is 0 Å². The molecule has 1 aliphatic heterocycles. The van der Waals surface area contributed by atoms with Crippen LogP contribution in [0.2, 0.25) is 0 Å². The smallest absolute Gasteiger partial charge is 0.331 e. The Morgan fingerprint density at radius 2 is 1.88 bits per heavy atom. The molecule has 3 rings (SSSR count). The highest BCUT2D eigenvalue weighted by Gasteiger charge is 2.19. The largest absolute Gasteiger partial charge is 0.454 e. The number of benzene rings is 2. The van der Waals surface area contributed by atoms with Gasteiger partial charge in [0.05, 0.1) is 0 Å². The van der Waals surface area contributed by atoms with Crippen molar-refractivity contribution < 1.29 is 9.53 Å². The van der Waals surface area contributed by atoms with Crippen LogP contribution >= 0.6 is 0 Å². The molecule has 0 fully saturated rings. The molecule has 2 nitrogen and oxygen atoms in total. The third-order valence-corrected chi connectivity index (χ3v) is 3.03. The Bertz CT molecular complexity index is 593. The van der Waals surface area contributed by atoms with E-state index in [1.165, 1.54) is 11.5 Å².